The molecule has 1 aromatic rings. The van der Waals surface area contributed by atoms with Crippen molar-refractivity contribution in [2.24, 2.45) is 5.92 Å². The van der Waals surface area contributed by atoms with Gasteiger partial charge >= 0.3 is 0 Å². The molecule has 1 fully saturated rings. The number of rotatable bonds is 5. The summed E-state index contributed by atoms with van der Waals surface area (Å²) in [7, 11) is 0. The molecule has 0 radical (unpaired) electrons. The van der Waals surface area contributed by atoms with Gasteiger partial charge in [0.25, 0.3) is 0 Å². The van der Waals surface area contributed by atoms with E-state index < -0.39 is 0 Å². The lowest BCUT2D eigenvalue weighted by Crippen LogP contribution is -2.36. The van der Waals surface area contributed by atoms with Crippen LogP contribution in [0.4, 0.5) is 0 Å². The number of thiophene rings is 1. The molecule has 2 atom stereocenters. The maximum absolute atomic E-state index is 3.85. The van der Waals surface area contributed by atoms with Crippen LogP contribution in [0.15, 0.2) is 17.5 Å². The molecule has 1 aromatic heterocycles. The van der Waals surface area contributed by atoms with Gasteiger partial charge in [-0.05, 0) is 43.6 Å². The van der Waals surface area contributed by atoms with E-state index in [0.717, 1.165) is 5.92 Å². The van der Waals surface area contributed by atoms with E-state index in [1.807, 2.05) is 11.3 Å². The first kappa shape index (κ1) is 13.1. The van der Waals surface area contributed by atoms with Gasteiger partial charge < -0.3 is 5.32 Å². The summed E-state index contributed by atoms with van der Waals surface area (Å²) in [6, 6.07) is 5.66. The number of hydrogen-bond donors (Lipinski definition) is 1. The number of nitrogens with one attached hydrogen (secondary N) is 1. The Hall–Kier alpha value is -0.340. The van der Waals surface area contributed by atoms with Gasteiger partial charge in [0.2, 0.25) is 0 Å². The third-order valence-electron chi connectivity index (χ3n) is 4.12. The van der Waals surface area contributed by atoms with Crippen LogP contribution in [0.5, 0.6) is 0 Å². The highest BCUT2D eigenvalue weighted by molar-refractivity contribution is 7.10. The Kier molecular flexibility index (Phi) is 5.05. The van der Waals surface area contributed by atoms with E-state index >= 15 is 0 Å². The summed E-state index contributed by atoms with van der Waals surface area (Å²) in [4.78, 5) is 1.50. The SMILES string of the molecule is CCC(N[C@H](C)C1CCCCC1)c1cccs1. The van der Waals surface area contributed by atoms with Crippen molar-refractivity contribution in [1.82, 2.24) is 5.32 Å². The molecule has 1 saturated carbocycles. The molecule has 0 saturated heterocycles. The van der Waals surface area contributed by atoms with Crippen LogP contribution in [0.25, 0.3) is 0 Å². The summed E-state index contributed by atoms with van der Waals surface area (Å²) in [5, 5.41) is 6.03. The zero-order valence-corrected chi connectivity index (χ0v) is 11.9. The molecule has 0 aliphatic heterocycles. The van der Waals surface area contributed by atoms with Crippen LogP contribution >= 0.6 is 11.3 Å². The highest BCUT2D eigenvalue weighted by atomic mass is 32.1. The predicted molar refractivity (Wildman–Crippen MR) is 76.5 cm³/mol. The highest BCUT2D eigenvalue weighted by Gasteiger charge is 2.22. The van der Waals surface area contributed by atoms with Crippen molar-refractivity contribution in [3.63, 3.8) is 0 Å². The second-order valence-corrected chi connectivity index (χ2v) is 6.31. The Morgan fingerprint density at radius 2 is 2.12 bits per heavy atom. The van der Waals surface area contributed by atoms with Gasteiger partial charge in [0.05, 0.1) is 0 Å². The maximum Gasteiger partial charge on any atom is 0.0414 e. The third-order valence-corrected chi connectivity index (χ3v) is 5.10. The minimum atomic E-state index is 0.562. The topological polar surface area (TPSA) is 12.0 Å². The fourth-order valence-electron chi connectivity index (χ4n) is 2.98. The largest absolute Gasteiger partial charge is 0.306 e. The van der Waals surface area contributed by atoms with Crippen LogP contribution in [0, 0.1) is 5.92 Å². The molecular formula is C15H25NS. The lowest BCUT2D eigenvalue weighted by atomic mass is 9.84. The summed E-state index contributed by atoms with van der Waals surface area (Å²) >= 11 is 1.88. The summed E-state index contributed by atoms with van der Waals surface area (Å²) in [5.41, 5.74) is 0. The molecule has 1 N–H and O–H groups in total. The Morgan fingerprint density at radius 1 is 1.35 bits per heavy atom. The predicted octanol–water partition coefficient (Wildman–Crippen LogP) is 4.76. The zero-order chi connectivity index (χ0) is 12.1. The summed E-state index contributed by atoms with van der Waals surface area (Å²) < 4.78 is 0. The minimum Gasteiger partial charge on any atom is -0.306 e. The van der Waals surface area contributed by atoms with E-state index in [4.69, 9.17) is 0 Å². The van der Waals surface area contributed by atoms with Gasteiger partial charge in [-0.2, -0.15) is 0 Å². The van der Waals surface area contributed by atoms with Crippen molar-refractivity contribution < 1.29 is 0 Å². The second kappa shape index (κ2) is 6.55. The smallest absolute Gasteiger partial charge is 0.0414 e. The Balaban J connectivity index is 1.89. The van der Waals surface area contributed by atoms with Crippen LogP contribution < -0.4 is 5.32 Å². The molecule has 0 amide bonds. The van der Waals surface area contributed by atoms with E-state index in [9.17, 15) is 0 Å². The highest BCUT2D eigenvalue weighted by Crippen LogP contribution is 2.29. The molecule has 0 spiro atoms. The van der Waals surface area contributed by atoms with Crippen molar-refractivity contribution >= 4 is 11.3 Å². The van der Waals surface area contributed by atoms with Gasteiger partial charge in [-0.1, -0.05) is 32.3 Å². The molecule has 2 heteroatoms. The molecule has 1 nitrogen and oxygen atoms in total. The molecule has 17 heavy (non-hydrogen) atoms. The molecule has 96 valence electrons. The third kappa shape index (κ3) is 3.56. The fraction of sp³-hybridized carbons (Fsp3) is 0.733. The minimum absolute atomic E-state index is 0.562. The molecule has 1 aliphatic carbocycles. The van der Waals surface area contributed by atoms with Crippen molar-refractivity contribution in [3.05, 3.63) is 22.4 Å². The fourth-order valence-corrected chi connectivity index (χ4v) is 3.85. The van der Waals surface area contributed by atoms with Crippen molar-refractivity contribution in [2.75, 3.05) is 0 Å². The van der Waals surface area contributed by atoms with E-state index in [1.165, 1.54) is 43.4 Å². The van der Waals surface area contributed by atoms with Crippen LogP contribution in [-0.2, 0) is 0 Å². The maximum atomic E-state index is 3.85. The van der Waals surface area contributed by atoms with Crippen LogP contribution in [0.1, 0.15) is 63.3 Å². The van der Waals surface area contributed by atoms with Crippen LogP contribution in [-0.4, -0.2) is 6.04 Å². The van der Waals surface area contributed by atoms with E-state index in [2.05, 4.69) is 36.7 Å². The quantitative estimate of drug-likeness (QED) is 0.795. The van der Waals surface area contributed by atoms with Gasteiger partial charge in [-0.3, -0.25) is 0 Å². The summed E-state index contributed by atoms with van der Waals surface area (Å²) in [6.07, 6.45) is 8.37. The molecule has 0 bridgehead atoms. The average molecular weight is 251 g/mol. The molecule has 1 heterocycles. The van der Waals surface area contributed by atoms with Crippen molar-refractivity contribution in [2.45, 2.75) is 64.5 Å². The summed E-state index contributed by atoms with van der Waals surface area (Å²) in [5.74, 6) is 0.901. The van der Waals surface area contributed by atoms with E-state index in [0.29, 0.717) is 12.1 Å². The standard InChI is InChI=1S/C15H25NS/c1-3-14(15-10-7-11-17-15)16-12(2)13-8-5-4-6-9-13/h7,10-14,16H,3-6,8-9H2,1-2H3/t12-,14?/m1/s1. The Bertz CT molecular complexity index is 301. The van der Waals surface area contributed by atoms with Crippen molar-refractivity contribution in [1.29, 1.82) is 0 Å². The van der Waals surface area contributed by atoms with E-state index in [-0.39, 0.29) is 0 Å². The normalized spacial score (nSPS) is 21.3. The monoisotopic (exact) mass is 251 g/mol. The Morgan fingerprint density at radius 3 is 2.71 bits per heavy atom. The zero-order valence-electron chi connectivity index (χ0n) is 11.1. The first-order valence-corrected chi connectivity index (χ1v) is 7.98. The molecule has 1 unspecified atom stereocenters. The van der Waals surface area contributed by atoms with Crippen molar-refractivity contribution in [3.8, 4) is 0 Å². The molecule has 1 aliphatic rings. The van der Waals surface area contributed by atoms with Crippen LogP contribution in [0.3, 0.4) is 0 Å². The van der Waals surface area contributed by atoms with Gasteiger partial charge in [0.1, 0.15) is 0 Å². The van der Waals surface area contributed by atoms with Gasteiger partial charge in [-0.25, -0.2) is 0 Å². The molecule has 2 rings (SSSR count). The van der Waals surface area contributed by atoms with Gasteiger partial charge in [0.15, 0.2) is 0 Å². The van der Waals surface area contributed by atoms with Gasteiger partial charge in [0, 0.05) is 17.0 Å². The lowest BCUT2D eigenvalue weighted by molar-refractivity contribution is 0.263. The first-order chi connectivity index (χ1) is 8.31. The molecular weight excluding hydrogens is 226 g/mol. The number of hydrogen-bond acceptors (Lipinski definition) is 2. The average Bonchev–Trinajstić information content (AvgIpc) is 2.90. The lowest BCUT2D eigenvalue weighted by Gasteiger charge is -2.31. The first-order valence-electron chi connectivity index (χ1n) is 7.10. The second-order valence-electron chi connectivity index (χ2n) is 5.33. The summed E-state index contributed by atoms with van der Waals surface area (Å²) in [6.45, 7) is 4.66. The molecule has 0 aromatic carbocycles. The van der Waals surface area contributed by atoms with E-state index in [1.54, 1.807) is 0 Å². The van der Waals surface area contributed by atoms with Gasteiger partial charge in [-0.15, -0.1) is 11.3 Å². The van der Waals surface area contributed by atoms with Crippen LogP contribution in [0.2, 0.25) is 0 Å². The Labute approximate surface area is 110 Å².